The van der Waals surface area contributed by atoms with E-state index in [0.717, 1.165) is 16.5 Å². The fraction of sp³-hybridized carbons (Fsp3) is 0.158. The highest BCUT2D eigenvalue weighted by molar-refractivity contribution is 5.93. The van der Waals surface area contributed by atoms with Gasteiger partial charge >= 0.3 is 0 Å². The van der Waals surface area contributed by atoms with Crippen molar-refractivity contribution in [2.75, 3.05) is 25.6 Å². The Labute approximate surface area is 276 Å². The van der Waals surface area contributed by atoms with Gasteiger partial charge in [0, 0.05) is 11.3 Å². The Hall–Kier alpha value is -6.16. The predicted molar refractivity (Wildman–Crippen MR) is 188 cm³/mol. The normalized spacial score (nSPS) is 11.2. The molecule has 6 aromatic rings. The van der Waals surface area contributed by atoms with Crippen molar-refractivity contribution >= 4 is 39.7 Å². The van der Waals surface area contributed by atoms with Gasteiger partial charge in [-0.1, -0.05) is 42.5 Å². The molecule has 0 radical (unpaired) electrons. The van der Waals surface area contributed by atoms with E-state index in [1.165, 1.54) is 4.68 Å². The van der Waals surface area contributed by atoms with E-state index < -0.39 is 0 Å². The number of carbonyl (C=O) groups is 1. The molecule has 2 heterocycles. The number of aryl methyl sites for hydroxylation is 1. The zero-order valence-corrected chi connectivity index (χ0v) is 26.9. The first kappa shape index (κ1) is 31.8. The lowest BCUT2D eigenvalue weighted by Gasteiger charge is -2.17. The maximum atomic E-state index is 13.8. The molecule has 242 valence electrons. The van der Waals surface area contributed by atoms with Crippen LogP contribution in [0.25, 0.3) is 33.5 Å². The van der Waals surface area contributed by atoms with Gasteiger partial charge in [0.15, 0.2) is 23.9 Å². The number of rotatable bonds is 12. The van der Waals surface area contributed by atoms with Crippen molar-refractivity contribution in [1.29, 1.82) is 0 Å². The van der Waals surface area contributed by atoms with Gasteiger partial charge in [-0.05, 0) is 79.9 Å². The van der Waals surface area contributed by atoms with E-state index in [1.54, 1.807) is 49.7 Å². The first-order valence-corrected chi connectivity index (χ1v) is 15.4. The number of allylic oxidation sites excluding steroid dienone is 1. The average Bonchev–Trinajstić information content (AvgIpc) is 3.53. The number of benzene rings is 4. The number of carbonyl (C=O) groups excluding carboxylic acids is 1. The molecule has 0 atom stereocenters. The predicted octanol–water partition coefficient (Wildman–Crippen LogP) is 7.15. The van der Waals surface area contributed by atoms with Gasteiger partial charge in [-0.2, -0.15) is 9.78 Å². The standard InChI is InChI=1S/C38H34N4O6/c1-5-12-26-19-25(20-33(46-6-2)36(26)47-23-35(43)40-29-15-9-7-13-24(29)3)22-39-42-37(41-30-16-10-8-14-27(30)38(42)44)34-21-28-31(45-4)17-11-18-32(28)48-34/h5,7-11,13-22H,1,6,12,23H2,2-4H3,(H,40,43). The number of aromatic nitrogens is 2. The van der Waals surface area contributed by atoms with Crippen LogP contribution in [-0.2, 0) is 11.2 Å². The topological polar surface area (TPSA) is 117 Å². The van der Waals surface area contributed by atoms with Gasteiger partial charge in [0.05, 0.1) is 36.2 Å². The highest BCUT2D eigenvalue weighted by Crippen LogP contribution is 2.35. The third-order valence-corrected chi connectivity index (χ3v) is 7.62. The van der Waals surface area contributed by atoms with Crippen LogP contribution in [0.5, 0.6) is 17.2 Å². The van der Waals surface area contributed by atoms with Crippen molar-refractivity contribution in [1.82, 2.24) is 9.66 Å². The number of fused-ring (bicyclic) bond motifs is 2. The van der Waals surface area contributed by atoms with Crippen molar-refractivity contribution in [3.63, 3.8) is 0 Å². The number of nitrogens with one attached hydrogen (secondary N) is 1. The van der Waals surface area contributed by atoms with E-state index in [1.807, 2.05) is 68.4 Å². The van der Waals surface area contributed by atoms with Crippen molar-refractivity contribution in [3.05, 3.63) is 125 Å². The third kappa shape index (κ3) is 6.54. The lowest BCUT2D eigenvalue weighted by Crippen LogP contribution is -2.21. The summed E-state index contributed by atoms with van der Waals surface area (Å²) in [5.41, 5.74) is 3.75. The van der Waals surface area contributed by atoms with Crippen LogP contribution in [0.1, 0.15) is 23.6 Å². The number of hydrogen-bond acceptors (Lipinski definition) is 8. The minimum Gasteiger partial charge on any atom is -0.496 e. The van der Waals surface area contributed by atoms with Crippen LogP contribution >= 0.6 is 0 Å². The molecular weight excluding hydrogens is 608 g/mol. The fourth-order valence-corrected chi connectivity index (χ4v) is 5.37. The summed E-state index contributed by atoms with van der Waals surface area (Å²) in [6.45, 7) is 7.80. The molecule has 10 nitrogen and oxygen atoms in total. The summed E-state index contributed by atoms with van der Waals surface area (Å²) in [6.07, 6.45) is 3.71. The van der Waals surface area contributed by atoms with Gasteiger partial charge in [-0.25, -0.2) is 4.98 Å². The monoisotopic (exact) mass is 642 g/mol. The van der Waals surface area contributed by atoms with Crippen LogP contribution in [-0.4, -0.2) is 42.1 Å². The van der Waals surface area contributed by atoms with E-state index in [2.05, 4.69) is 17.0 Å². The van der Waals surface area contributed by atoms with Crippen molar-refractivity contribution in [3.8, 4) is 28.8 Å². The van der Waals surface area contributed by atoms with Gasteiger partial charge in [-0.15, -0.1) is 6.58 Å². The molecule has 48 heavy (non-hydrogen) atoms. The second-order valence-electron chi connectivity index (χ2n) is 10.9. The minimum absolute atomic E-state index is 0.226. The molecule has 0 unspecified atom stereocenters. The van der Waals surface area contributed by atoms with Crippen LogP contribution in [0, 0.1) is 6.92 Å². The summed E-state index contributed by atoms with van der Waals surface area (Å²) in [6, 6.07) is 25.5. The summed E-state index contributed by atoms with van der Waals surface area (Å²) in [5.74, 6) is 1.76. The lowest BCUT2D eigenvalue weighted by molar-refractivity contribution is -0.118. The molecule has 10 heteroatoms. The van der Waals surface area contributed by atoms with Gasteiger partial charge in [0.25, 0.3) is 11.5 Å². The molecular formula is C38H34N4O6. The zero-order valence-electron chi connectivity index (χ0n) is 26.9. The van der Waals surface area contributed by atoms with Crippen LogP contribution in [0.2, 0.25) is 0 Å². The van der Waals surface area contributed by atoms with Crippen molar-refractivity contribution in [2.45, 2.75) is 20.3 Å². The molecule has 0 aliphatic rings. The maximum Gasteiger partial charge on any atom is 0.282 e. The number of nitrogens with zero attached hydrogens (tertiary/aromatic N) is 3. The van der Waals surface area contributed by atoms with E-state index >= 15 is 0 Å². The maximum absolute atomic E-state index is 13.8. The Balaban J connectivity index is 1.38. The molecule has 4 aromatic carbocycles. The molecule has 0 saturated carbocycles. The zero-order chi connectivity index (χ0) is 33.6. The Bertz CT molecular complexity index is 2230. The van der Waals surface area contributed by atoms with Gasteiger partial charge in [-0.3, -0.25) is 9.59 Å². The quantitative estimate of drug-likeness (QED) is 0.111. The summed E-state index contributed by atoms with van der Waals surface area (Å²) < 4.78 is 24.9. The smallest absolute Gasteiger partial charge is 0.282 e. The minimum atomic E-state index is -0.366. The van der Waals surface area contributed by atoms with Gasteiger partial charge in [0.1, 0.15) is 11.3 Å². The number of hydrogen-bond donors (Lipinski definition) is 1. The average molecular weight is 643 g/mol. The molecule has 6 rings (SSSR count). The van der Waals surface area contributed by atoms with E-state index in [0.29, 0.717) is 63.8 Å². The van der Waals surface area contributed by atoms with Crippen LogP contribution in [0.4, 0.5) is 5.69 Å². The second-order valence-corrected chi connectivity index (χ2v) is 10.9. The number of methoxy groups -OCH3 is 1. The second kappa shape index (κ2) is 14.1. The highest BCUT2D eigenvalue weighted by Gasteiger charge is 2.19. The Morgan fingerprint density at radius 2 is 1.81 bits per heavy atom. The SMILES string of the molecule is C=CCc1cc(C=Nn2c(-c3cc4c(OC)cccc4o3)nc3ccccc3c2=O)cc(OCC)c1OCC(=O)Nc1ccccc1C. The third-order valence-electron chi connectivity index (χ3n) is 7.62. The lowest BCUT2D eigenvalue weighted by atomic mass is 10.1. The number of ether oxygens (including phenoxy) is 3. The summed E-state index contributed by atoms with van der Waals surface area (Å²) >= 11 is 0. The number of furan rings is 1. The van der Waals surface area contributed by atoms with E-state index in [4.69, 9.17) is 23.6 Å². The molecule has 0 spiro atoms. The Morgan fingerprint density at radius 1 is 1.00 bits per heavy atom. The Kier molecular flexibility index (Phi) is 9.33. The highest BCUT2D eigenvalue weighted by atomic mass is 16.5. The molecule has 2 aromatic heterocycles. The first-order valence-electron chi connectivity index (χ1n) is 15.4. The first-order chi connectivity index (χ1) is 23.4. The number of para-hydroxylation sites is 2. The molecule has 1 amide bonds. The molecule has 1 N–H and O–H groups in total. The molecule has 0 bridgehead atoms. The molecule has 0 saturated heterocycles. The summed E-state index contributed by atoms with van der Waals surface area (Å²) in [7, 11) is 1.59. The molecule has 0 aliphatic heterocycles. The van der Waals surface area contributed by atoms with Crippen molar-refractivity contribution in [2.24, 2.45) is 5.10 Å². The van der Waals surface area contributed by atoms with Crippen molar-refractivity contribution < 1.29 is 23.4 Å². The largest absolute Gasteiger partial charge is 0.496 e. The van der Waals surface area contributed by atoms with Crippen LogP contribution in [0.15, 0.2) is 112 Å². The number of amides is 1. The van der Waals surface area contributed by atoms with E-state index in [-0.39, 0.29) is 23.9 Å². The van der Waals surface area contributed by atoms with Gasteiger partial charge < -0.3 is 23.9 Å². The Morgan fingerprint density at radius 3 is 2.60 bits per heavy atom. The summed E-state index contributed by atoms with van der Waals surface area (Å²) in [5, 5.41) is 8.65. The van der Waals surface area contributed by atoms with Crippen LogP contribution < -0.4 is 25.1 Å². The fourth-order valence-electron chi connectivity index (χ4n) is 5.37. The molecule has 0 aliphatic carbocycles. The van der Waals surface area contributed by atoms with Gasteiger partial charge in [0.2, 0.25) is 5.82 Å². The molecule has 0 fully saturated rings. The number of anilines is 1. The van der Waals surface area contributed by atoms with E-state index in [9.17, 15) is 9.59 Å². The summed E-state index contributed by atoms with van der Waals surface area (Å²) in [4.78, 5) is 31.4. The van der Waals surface area contributed by atoms with Crippen LogP contribution in [0.3, 0.4) is 0 Å².